The summed E-state index contributed by atoms with van der Waals surface area (Å²) < 4.78 is 0. The number of benzene rings is 1. The molecule has 0 saturated carbocycles. The molecule has 1 heterocycles. The molecule has 0 atom stereocenters. The number of nitrogens with one attached hydrogen (secondary N) is 1. The Morgan fingerprint density at radius 1 is 1.30 bits per heavy atom. The molecule has 0 bridgehead atoms. The molecule has 1 aliphatic carbocycles. The van der Waals surface area contributed by atoms with Crippen LogP contribution in [-0.4, -0.2) is 27.5 Å². The minimum Gasteiger partial charge on any atom is -0.480 e. The lowest BCUT2D eigenvalue weighted by Gasteiger charge is -2.22. The van der Waals surface area contributed by atoms with Crippen LogP contribution >= 0.6 is 11.6 Å². The number of aliphatic carboxylic acids is 1. The molecular weight excluding hydrogens is 316 g/mol. The predicted molar refractivity (Wildman–Crippen MR) is 88.0 cm³/mol. The Hall–Kier alpha value is -2.14. The van der Waals surface area contributed by atoms with Crippen LogP contribution in [0.4, 0.5) is 0 Å². The Balaban J connectivity index is 2.17. The average molecular weight is 333 g/mol. The number of nitrogens with zero attached hydrogens (tertiary/aromatic N) is 1. The number of carbonyl (C=O) groups excluding carboxylic acids is 1. The summed E-state index contributed by atoms with van der Waals surface area (Å²) in [5.41, 5.74) is 1.67. The predicted octanol–water partition coefficient (Wildman–Crippen LogP) is 2.97. The van der Waals surface area contributed by atoms with Crippen molar-refractivity contribution in [2.45, 2.75) is 38.6 Å². The molecule has 0 aliphatic heterocycles. The molecule has 1 aliphatic rings. The van der Waals surface area contributed by atoms with Crippen LogP contribution in [0.5, 0.6) is 0 Å². The van der Waals surface area contributed by atoms with Gasteiger partial charge in [0.25, 0.3) is 5.91 Å². The third-order valence-corrected chi connectivity index (χ3v) is 4.40. The third-order valence-electron chi connectivity index (χ3n) is 4.16. The van der Waals surface area contributed by atoms with Gasteiger partial charge in [0.15, 0.2) is 0 Å². The summed E-state index contributed by atoms with van der Waals surface area (Å²) in [6, 6.07) is 5.24. The van der Waals surface area contributed by atoms with E-state index in [0.29, 0.717) is 21.5 Å². The molecule has 3 rings (SSSR count). The maximum absolute atomic E-state index is 12.8. The Labute approximate surface area is 138 Å². The molecule has 6 heteroatoms. The highest BCUT2D eigenvalue weighted by Crippen LogP contribution is 2.31. The first kappa shape index (κ1) is 15.7. The van der Waals surface area contributed by atoms with Gasteiger partial charge in [-0.1, -0.05) is 11.6 Å². The van der Waals surface area contributed by atoms with E-state index in [-0.39, 0.29) is 0 Å². The van der Waals surface area contributed by atoms with Crippen LogP contribution < -0.4 is 5.32 Å². The van der Waals surface area contributed by atoms with E-state index in [1.807, 2.05) is 0 Å². The van der Waals surface area contributed by atoms with Gasteiger partial charge in [-0.3, -0.25) is 9.78 Å². The maximum atomic E-state index is 12.8. The van der Waals surface area contributed by atoms with Gasteiger partial charge in [-0.2, -0.15) is 0 Å². The van der Waals surface area contributed by atoms with Gasteiger partial charge in [0.2, 0.25) is 0 Å². The smallest absolute Gasteiger partial charge is 0.328 e. The van der Waals surface area contributed by atoms with Crippen LogP contribution in [0, 0.1) is 0 Å². The van der Waals surface area contributed by atoms with E-state index in [9.17, 15) is 14.7 Å². The van der Waals surface area contributed by atoms with Gasteiger partial charge in [0.05, 0.1) is 11.1 Å². The SMILES string of the molecule is CC(C)(NC(=O)c1c2c(nc3ccc(Cl)cc13)CCC2)C(=O)O. The zero-order valence-electron chi connectivity index (χ0n) is 12.9. The van der Waals surface area contributed by atoms with Crippen molar-refractivity contribution in [1.29, 1.82) is 0 Å². The number of fused-ring (bicyclic) bond motifs is 2. The Morgan fingerprint density at radius 3 is 2.74 bits per heavy atom. The normalized spacial score (nSPS) is 13.9. The molecule has 0 saturated heterocycles. The minimum absolute atomic E-state index is 0.398. The lowest BCUT2D eigenvalue weighted by Crippen LogP contribution is -2.49. The van der Waals surface area contributed by atoms with Crippen molar-refractivity contribution in [2.75, 3.05) is 0 Å². The lowest BCUT2D eigenvalue weighted by molar-refractivity contribution is -0.143. The summed E-state index contributed by atoms with van der Waals surface area (Å²) in [7, 11) is 0. The number of hydrogen-bond acceptors (Lipinski definition) is 3. The van der Waals surface area contributed by atoms with E-state index in [2.05, 4.69) is 10.3 Å². The number of rotatable bonds is 3. The zero-order valence-corrected chi connectivity index (χ0v) is 13.7. The fourth-order valence-electron chi connectivity index (χ4n) is 2.89. The number of aryl methyl sites for hydroxylation is 1. The summed E-state index contributed by atoms with van der Waals surface area (Å²) in [6.07, 6.45) is 2.53. The summed E-state index contributed by atoms with van der Waals surface area (Å²) in [5.74, 6) is -1.48. The molecule has 0 spiro atoms. The summed E-state index contributed by atoms with van der Waals surface area (Å²) in [4.78, 5) is 28.7. The second-order valence-corrected chi connectivity index (χ2v) is 6.75. The molecule has 23 heavy (non-hydrogen) atoms. The minimum atomic E-state index is -1.35. The first-order chi connectivity index (χ1) is 10.8. The first-order valence-electron chi connectivity index (χ1n) is 7.46. The molecule has 0 fully saturated rings. The van der Waals surface area contributed by atoms with E-state index in [4.69, 9.17) is 11.6 Å². The van der Waals surface area contributed by atoms with Crippen molar-refractivity contribution in [3.63, 3.8) is 0 Å². The van der Waals surface area contributed by atoms with Crippen molar-refractivity contribution in [2.24, 2.45) is 0 Å². The summed E-state index contributed by atoms with van der Waals surface area (Å²) in [5, 5.41) is 13.0. The van der Waals surface area contributed by atoms with Crippen LogP contribution in [0.15, 0.2) is 18.2 Å². The monoisotopic (exact) mass is 332 g/mol. The van der Waals surface area contributed by atoms with Crippen molar-refractivity contribution < 1.29 is 14.7 Å². The lowest BCUT2D eigenvalue weighted by atomic mass is 9.98. The average Bonchev–Trinajstić information content (AvgIpc) is 2.91. The number of carboxylic acid groups (broad SMARTS) is 1. The number of pyridine rings is 1. The van der Waals surface area contributed by atoms with E-state index in [0.717, 1.165) is 30.5 Å². The fourth-order valence-corrected chi connectivity index (χ4v) is 3.07. The van der Waals surface area contributed by atoms with E-state index in [1.54, 1.807) is 18.2 Å². The summed E-state index contributed by atoms with van der Waals surface area (Å²) >= 11 is 6.08. The number of halogens is 1. The Bertz CT molecular complexity index is 830. The highest BCUT2D eigenvalue weighted by atomic mass is 35.5. The largest absolute Gasteiger partial charge is 0.480 e. The van der Waals surface area contributed by atoms with Crippen molar-refractivity contribution >= 4 is 34.4 Å². The van der Waals surface area contributed by atoms with Gasteiger partial charge in [0, 0.05) is 16.1 Å². The molecular formula is C17H17ClN2O3. The maximum Gasteiger partial charge on any atom is 0.328 e. The number of carboxylic acids is 1. The fraction of sp³-hybridized carbons (Fsp3) is 0.353. The Morgan fingerprint density at radius 2 is 2.04 bits per heavy atom. The quantitative estimate of drug-likeness (QED) is 0.905. The standard InChI is InChI=1S/C17H17ClN2O3/c1-17(2,16(22)23)20-15(21)14-10-4-3-5-12(10)19-13-7-6-9(18)8-11(13)14/h6-8H,3-5H2,1-2H3,(H,20,21)(H,22,23). The summed E-state index contributed by atoms with van der Waals surface area (Å²) in [6.45, 7) is 2.92. The van der Waals surface area contributed by atoms with Crippen molar-refractivity contribution in [3.8, 4) is 0 Å². The zero-order chi connectivity index (χ0) is 16.8. The van der Waals surface area contributed by atoms with E-state index in [1.165, 1.54) is 13.8 Å². The van der Waals surface area contributed by atoms with Crippen LogP contribution in [0.3, 0.4) is 0 Å². The van der Waals surface area contributed by atoms with E-state index >= 15 is 0 Å². The molecule has 2 N–H and O–H groups in total. The van der Waals surface area contributed by atoms with Gasteiger partial charge in [-0.05, 0) is 56.9 Å². The number of amides is 1. The Kier molecular flexibility index (Phi) is 3.76. The van der Waals surface area contributed by atoms with Crippen LogP contribution in [0.1, 0.15) is 41.9 Å². The molecule has 0 radical (unpaired) electrons. The van der Waals surface area contributed by atoms with Crippen LogP contribution in [0.25, 0.3) is 10.9 Å². The highest BCUT2D eigenvalue weighted by Gasteiger charge is 2.32. The molecule has 0 unspecified atom stereocenters. The van der Waals surface area contributed by atoms with Gasteiger partial charge >= 0.3 is 5.97 Å². The molecule has 5 nitrogen and oxygen atoms in total. The third kappa shape index (κ3) is 2.77. The van der Waals surface area contributed by atoms with Gasteiger partial charge < -0.3 is 10.4 Å². The second-order valence-electron chi connectivity index (χ2n) is 6.31. The van der Waals surface area contributed by atoms with Crippen molar-refractivity contribution in [3.05, 3.63) is 40.0 Å². The second kappa shape index (κ2) is 5.49. The topological polar surface area (TPSA) is 79.3 Å². The molecule has 1 aromatic heterocycles. The molecule has 1 amide bonds. The van der Waals surface area contributed by atoms with Gasteiger partial charge in [-0.15, -0.1) is 0 Å². The molecule has 120 valence electrons. The molecule has 1 aromatic carbocycles. The van der Waals surface area contributed by atoms with Gasteiger partial charge in [-0.25, -0.2) is 4.79 Å². The first-order valence-corrected chi connectivity index (χ1v) is 7.84. The van der Waals surface area contributed by atoms with Gasteiger partial charge in [0.1, 0.15) is 5.54 Å². The number of aromatic nitrogens is 1. The van der Waals surface area contributed by atoms with Crippen LogP contribution in [0.2, 0.25) is 5.02 Å². The van der Waals surface area contributed by atoms with Crippen molar-refractivity contribution in [1.82, 2.24) is 10.3 Å². The van der Waals surface area contributed by atoms with E-state index < -0.39 is 17.4 Å². The van der Waals surface area contributed by atoms with Crippen LogP contribution in [-0.2, 0) is 17.6 Å². The highest BCUT2D eigenvalue weighted by molar-refractivity contribution is 6.31. The molecule has 2 aromatic rings. The number of hydrogen-bond donors (Lipinski definition) is 2. The number of carbonyl (C=O) groups is 2.